The molecule has 2 atom stereocenters. The number of benzene rings is 1. The Kier molecular flexibility index (Phi) is 3.08. The molecule has 90 valence electrons. The van der Waals surface area contributed by atoms with Gasteiger partial charge in [0.2, 0.25) is 5.91 Å². The predicted molar refractivity (Wildman–Crippen MR) is 57.9 cm³/mol. The fourth-order valence-corrected chi connectivity index (χ4v) is 2.10. The lowest BCUT2D eigenvalue weighted by Crippen LogP contribution is -2.43. The van der Waals surface area contributed by atoms with E-state index in [0.29, 0.717) is 5.56 Å². The van der Waals surface area contributed by atoms with Gasteiger partial charge in [-0.3, -0.25) is 9.59 Å². The van der Waals surface area contributed by atoms with Gasteiger partial charge in [-0.25, -0.2) is 4.39 Å². The molecule has 2 rings (SSSR count). The summed E-state index contributed by atoms with van der Waals surface area (Å²) in [5, 5.41) is 11.6. The van der Waals surface area contributed by atoms with E-state index in [1.807, 2.05) is 0 Å². The molecule has 0 aliphatic carbocycles. The van der Waals surface area contributed by atoms with Crippen molar-refractivity contribution in [2.75, 3.05) is 6.54 Å². The molecule has 17 heavy (non-hydrogen) atoms. The van der Waals surface area contributed by atoms with Gasteiger partial charge in [0.25, 0.3) is 0 Å². The SMILES string of the molecule is O=C1C[C@@H](c2ccc(F)cc2)[C@H](C(=O)O)CN1. The molecular formula is C12H12FNO3. The summed E-state index contributed by atoms with van der Waals surface area (Å²) in [6, 6.07) is 5.63. The summed E-state index contributed by atoms with van der Waals surface area (Å²) >= 11 is 0. The van der Waals surface area contributed by atoms with Crippen LogP contribution in [0.15, 0.2) is 24.3 Å². The van der Waals surface area contributed by atoms with Gasteiger partial charge in [-0.15, -0.1) is 0 Å². The number of hydrogen-bond acceptors (Lipinski definition) is 2. The molecule has 4 nitrogen and oxygen atoms in total. The molecule has 0 aromatic heterocycles. The van der Waals surface area contributed by atoms with Crippen LogP contribution in [0.25, 0.3) is 0 Å². The second kappa shape index (κ2) is 4.53. The predicted octanol–water partition coefficient (Wildman–Crippen LogP) is 1.13. The Labute approximate surface area is 97.4 Å². The van der Waals surface area contributed by atoms with Gasteiger partial charge in [-0.2, -0.15) is 0 Å². The van der Waals surface area contributed by atoms with E-state index >= 15 is 0 Å². The second-order valence-electron chi connectivity index (χ2n) is 4.11. The fourth-order valence-electron chi connectivity index (χ4n) is 2.10. The van der Waals surface area contributed by atoms with Crippen LogP contribution in [0, 0.1) is 11.7 Å². The third kappa shape index (κ3) is 2.43. The standard InChI is InChI=1S/C12H12FNO3/c13-8-3-1-7(2-4-8)9-5-11(15)14-6-10(9)12(16)17/h1-4,9-10H,5-6H2,(H,14,15)(H,16,17)/t9-,10+/m0/s1. The van der Waals surface area contributed by atoms with E-state index in [2.05, 4.69) is 5.32 Å². The van der Waals surface area contributed by atoms with Gasteiger partial charge in [-0.05, 0) is 17.7 Å². The maximum Gasteiger partial charge on any atom is 0.308 e. The van der Waals surface area contributed by atoms with Crippen molar-refractivity contribution in [3.05, 3.63) is 35.6 Å². The topological polar surface area (TPSA) is 66.4 Å². The second-order valence-corrected chi connectivity index (χ2v) is 4.11. The Hall–Kier alpha value is -1.91. The Bertz CT molecular complexity index is 444. The summed E-state index contributed by atoms with van der Waals surface area (Å²) < 4.78 is 12.8. The van der Waals surface area contributed by atoms with Crippen molar-refractivity contribution in [3.8, 4) is 0 Å². The van der Waals surface area contributed by atoms with Crippen LogP contribution in [-0.2, 0) is 9.59 Å². The first-order valence-electron chi connectivity index (χ1n) is 5.33. The average Bonchev–Trinajstić information content (AvgIpc) is 2.29. The van der Waals surface area contributed by atoms with Gasteiger partial charge in [0.15, 0.2) is 0 Å². The number of carboxylic acids is 1. The molecule has 1 saturated heterocycles. The number of carboxylic acid groups (broad SMARTS) is 1. The summed E-state index contributed by atoms with van der Waals surface area (Å²) in [4.78, 5) is 22.4. The lowest BCUT2D eigenvalue weighted by atomic mass is 9.81. The minimum absolute atomic E-state index is 0.121. The first-order valence-corrected chi connectivity index (χ1v) is 5.33. The molecule has 1 aromatic rings. The minimum atomic E-state index is -0.945. The van der Waals surface area contributed by atoms with Crippen LogP contribution < -0.4 is 5.32 Å². The lowest BCUT2D eigenvalue weighted by Gasteiger charge is -2.28. The van der Waals surface area contributed by atoms with E-state index in [1.165, 1.54) is 24.3 Å². The molecule has 1 heterocycles. The fraction of sp³-hybridized carbons (Fsp3) is 0.333. The summed E-state index contributed by atoms with van der Waals surface area (Å²) in [6.07, 6.45) is 0.128. The van der Waals surface area contributed by atoms with Gasteiger partial charge in [0.1, 0.15) is 5.82 Å². The monoisotopic (exact) mass is 237 g/mol. The number of hydrogen-bond donors (Lipinski definition) is 2. The van der Waals surface area contributed by atoms with Crippen LogP contribution in [0.3, 0.4) is 0 Å². The molecular weight excluding hydrogens is 225 g/mol. The molecule has 0 saturated carbocycles. The zero-order valence-electron chi connectivity index (χ0n) is 9.02. The molecule has 1 aromatic carbocycles. The Morgan fingerprint density at radius 3 is 2.59 bits per heavy atom. The molecule has 1 amide bonds. The van der Waals surface area contributed by atoms with Gasteiger partial charge in [-0.1, -0.05) is 12.1 Å². The third-order valence-corrected chi connectivity index (χ3v) is 3.03. The smallest absolute Gasteiger partial charge is 0.308 e. The highest BCUT2D eigenvalue weighted by Gasteiger charge is 2.35. The highest BCUT2D eigenvalue weighted by Crippen LogP contribution is 2.30. The van der Waals surface area contributed by atoms with Gasteiger partial charge >= 0.3 is 5.97 Å². The Morgan fingerprint density at radius 1 is 1.35 bits per heavy atom. The number of carbonyl (C=O) groups excluding carboxylic acids is 1. The van der Waals surface area contributed by atoms with E-state index in [0.717, 1.165) is 0 Å². The van der Waals surface area contributed by atoms with Crippen molar-refractivity contribution >= 4 is 11.9 Å². The molecule has 2 N–H and O–H groups in total. The molecule has 0 unspecified atom stereocenters. The van der Waals surface area contributed by atoms with Crippen LogP contribution in [-0.4, -0.2) is 23.5 Å². The van der Waals surface area contributed by atoms with Crippen LogP contribution in [0.4, 0.5) is 4.39 Å². The maximum atomic E-state index is 12.8. The zero-order valence-corrected chi connectivity index (χ0v) is 9.02. The molecule has 0 spiro atoms. The van der Waals surface area contributed by atoms with E-state index in [1.54, 1.807) is 0 Å². The highest BCUT2D eigenvalue weighted by molar-refractivity contribution is 5.82. The molecule has 0 bridgehead atoms. The van der Waals surface area contributed by atoms with Crippen LogP contribution in [0.1, 0.15) is 17.9 Å². The van der Waals surface area contributed by atoms with E-state index in [9.17, 15) is 14.0 Å². The van der Waals surface area contributed by atoms with Crippen molar-refractivity contribution in [2.24, 2.45) is 5.92 Å². The summed E-state index contributed by atoms with van der Waals surface area (Å²) in [5.74, 6) is -2.53. The van der Waals surface area contributed by atoms with Crippen molar-refractivity contribution < 1.29 is 19.1 Å². The minimum Gasteiger partial charge on any atom is -0.481 e. The van der Waals surface area contributed by atoms with E-state index < -0.39 is 11.9 Å². The van der Waals surface area contributed by atoms with Crippen LogP contribution in [0.2, 0.25) is 0 Å². The van der Waals surface area contributed by atoms with Gasteiger partial charge in [0.05, 0.1) is 5.92 Å². The maximum absolute atomic E-state index is 12.8. The van der Waals surface area contributed by atoms with Gasteiger partial charge < -0.3 is 10.4 Å². The first-order chi connectivity index (χ1) is 8.08. The van der Waals surface area contributed by atoms with E-state index in [4.69, 9.17) is 5.11 Å². The largest absolute Gasteiger partial charge is 0.481 e. The van der Waals surface area contributed by atoms with Gasteiger partial charge in [0, 0.05) is 18.9 Å². The summed E-state index contributed by atoms with van der Waals surface area (Å²) in [5.41, 5.74) is 0.689. The average molecular weight is 237 g/mol. The highest BCUT2D eigenvalue weighted by atomic mass is 19.1. The number of halogens is 1. The lowest BCUT2D eigenvalue weighted by molar-refractivity contribution is -0.144. The van der Waals surface area contributed by atoms with Crippen LogP contribution in [0.5, 0.6) is 0 Å². The quantitative estimate of drug-likeness (QED) is 0.810. The molecule has 1 aliphatic rings. The number of amides is 1. The Morgan fingerprint density at radius 2 is 2.00 bits per heavy atom. The molecule has 1 aliphatic heterocycles. The molecule has 1 fully saturated rings. The van der Waals surface area contributed by atoms with Crippen molar-refractivity contribution in [3.63, 3.8) is 0 Å². The summed E-state index contributed by atoms with van der Waals surface area (Å²) in [6.45, 7) is 0.121. The first kappa shape index (κ1) is 11.6. The number of nitrogens with one attached hydrogen (secondary N) is 1. The third-order valence-electron chi connectivity index (χ3n) is 3.03. The molecule has 5 heteroatoms. The zero-order chi connectivity index (χ0) is 12.4. The number of carbonyl (C=O) groups is 2. The molecule has 0 radical (unpaired) electrons. The number of aliphatic carboxylic acids is 1. The van der Waals surface area contributed by atoms with E-state index in [-0.39, 0.29) is 30.6 Å². The number of rotatable bonds is 2. The Balaban J connectivity index is 2.28. The number of piperidine rings is 1. The van der Waals surface area contributed by atoms with Crippen LogP contribution >= 0.6 is 0 Å². The van der Waals surface area contributed by atoms with Crippen molar-refractivity contribution in [1.29, 1.82) is 0 Å². The summed E-state index contributed by atoms with van der Waals surface area (Å²) in [7, 11) is 0. The normalized spacial score (nSPS) is 24.2. The van der Waals surface area contributed by atoms with Crippen molar-refractivity contribution in [1.82, 2.24) is 5.32 Å². The van der Waals surface area contributed by atoms with Crippen molar-refractivity contribution in [2.45, 2.75) is 12.3 Å².